The first kappa shape index (κ1) is 14.0. The molecule has 2 aliphatic carbocycles. The molecule has 0 aromatic rings. The monoisotopic (exact) mass is 252 g/mol. The van der Waals surface area contributed by atoms with Crippen LogP contribution in [-0.2, 0) is 4.79 Å². The summed E-state index contributed by atoms with van der Waals surface area (Å²) in [5.74, 6) is 0.807. The van der Waals surface area contributed by atoms with Gasteiger partial charge in [-0.3, -0.25) is 4.79 Å². The van der Waals surface area contributed by atoms with E-state index in [-0.39, 0.29) is 11.3 Å². The van der Waals surface area contributed by atoms with Gasteiger partial charge in [0.05, 0.1) is 5.60 Å². The quantitative estimate of drug-likeness (QED) is 0.772. The Balaban J connectivity index is 2.12. The molecule has 0 aliphatic heterocycles. The van der Waals surface area contributed by atoms with Crippen LogP contribution in [0.5, 0.6) is 0 Å². The van der Waals surface area contributed by atoms with Crippen molar-refractivity contribution in [1.29, 1.82) is 0 Å². The lowest BCUT2D eigenvalue weighted by Gasteiger charge is -2.45. The molecule has 2 atom stereocenters. The molecule has 0 aromatic heterocycles. The second-order valence-electron chi connectivity index (χ2n) is 7.52. The maximum absolute atomic E-state index is 12.2. The maximum Gasteiger partial charge on any atom is 0.138 e. The van der Waals surface area contributed by atoms with Crippen LogP contribution < -0.4 is 0 Å². The molecule has 2 fully saturated rings. The molecule has 2 nitrogen and oxygen atoms in total. The second-order valence-corrected chi connectivity index (χ2v) is 7.52. The summed E-state index contributed by atoms with van der Waals surface area (Å²) in [4.78, 5) is 12.2. The van der Waals surface area contributed by atoms with Crippen LogP contribution in [0.4, 0.5) is 0 Å². The van der Waals surface area contributed by atoms with Gasteiger partial charge < -0.3 is 5.11 Å². The molecule has 0 heterocycles. The minimum absolute atomic E-state index is 0.0872. The highest BCUT2D eigenvalue weighted by Crippen LogP contribution is 2.46. The molecule has 0 radical (unpaired) electrons. The predicted octanol–water partition coefficient (Wildman–Crippen LogP) is 3.71. The third kappa shape index (κ3) is 2.79. The van der Waals surface area contributed by atoms with E-state index >= 15 is 0 Å². The summed E-state index contributed by atoms with van der Waals surface area (Å²) in [5, 5.41) is 10.8. The summed E-state index contributed by atoms with van der Waals surface area (Å²) in [6, 6.07) is 0. The maximum atomic E-state index is 12.2. The van der Waals surface area contributed by atoms with Crippen molar-refractivity contribution in [2.75, 3.05) is 0 Å². The third-order valence-corrected chi connectivity index (χ3v) is 5.24. The molecule has 2 aliphatic rings. The lowest BCUT2D eigenvalue weighted by molar-refractivity contribution is -0.142. The van der Waals surface area contributed by atoms with Crippen molar-refractivity contribution in [3.05, 3.63) is 0 Å². The Morgan fingerprint density at radius 1 is 1.17 bits per heavy atom. The van der Waals surface area contributed by atoms with Gasteiger partial charge in [-0.1, -0.05) is 40.0 Å². The number of carbonyl (C=O) groups is 1. The van der Waals surface area contributed by atoms with Crippen LogP contribution in [-0.4, -0.2) is 16.5 Å². The molecule has 104 valence electrons. The first-order valence-corrected chi connectivity index (χ1v) is 7.58. The van der Waals surface area contributed by atoms with Crippen LogP contribution in [0.1, 0.15) is 72.1 Å². The smallest absolute Gasteiger partial charge is 0.138 e. The highest BCUT2D eigenvalue weighted by atomic mass is 16.3. The van der Waals surface area contributed by atoms with Gasteiger partial charge in [0.2, 0.25) is 0 Å². The standard InChI is InChI=1S/C16H28O2/c1-15(2,3)12-7-8-14(17)13(11-12)16(18)9-5-4-6-10-16/h12-13,18H,4-11H2,1-3H3/t12-,13-/m0/s1. The number of hydrogen-bond donors (Lipinski definition) is 1. The van der Waals surface area contributed by atoms with Crippen molar-refractivity contribution in [2.45, 2.75) is 77.7 Å². The molecular formula is C16H28O2. The number of aliphatic hydroxyl groups is 1. The summed E-state index contributed by atoms with van der Waals surface area (Å²) in [6.45, 7) is 6.78. The topological polar surface area (TPSA) is 37.3 Å². The Morgan fingerprint density at radius 2 is 1.78 bits per heavy atom. The average Bonchev–Trinajstić information content (AvgIpc) is 2.28. The van der Waals surface area contributed by atoms with E-state index in [1.54, 1.807) is 0 Å². The molecule has 18 heavy (non-hydrogen) atoms. The van der Waals surface area contributed by atoms with Crippen LogP contribution >= 0.6 is 0 Å². The van der Waals surface area contributed by atoms with Crippen molar-refractivity contribution in [3.8, 4) is 0 Å². The number of carbonyl (C=O) groups excluding carboxylic acids is 1. The molecule has 2 heteroatoms. The van der Waals surface area contributed by atoms with Gasteiger partial charge in [-0.2, -0.15) is 0 Å². The molecule has 0 aromatic carbocycles. The molecule has 0 amide bonds. The predicted molar refractivity (Wildman–Crippen MR) is 73.3 cm³/mol. The van der Waals surface area contributed by atoms with E-state index in [0.29, 0.717) is 18.1 Å². The van der Waals surface area contributed by atoms with Gasteiger partial charge in [-0.15, -0.1) is 0 Å². The summed E-state index contributed by atoms with van der Waals surface area (Å²) in [6.07, 6.45) is 7.63. The zero-order chi connectivity index (χ0) is 13.4. The molecule has 0 saturated heterocycles. The first-order valence-electron chi connectivity index (χ1n) is 7.58. The molecule has 1 N–H and O–H groups in total. The van der Waals surface area contributed by atoms with E-state index in [0.717, 1.165) is 38.5 Å². The number of rotatable bonds is 1. The Labute approximate surface area is 111 Å². The third-order valence-electron chi connectivity index (χ3n) is 5.24. The second kappa shape index (κ2) is 4.96. The molecule has 0 spiro atoms. The van der Waals surface area contributed by atoms with E-state index in [1.807, 2.05) is 0 Å². The largest absolute Gasteiger partial charge is 0.389 e. The van der Waals surface area contributed by atoms with Gasteiger partial charge in [0, 0.05) is 12.3 Å². The van der Waals surface area contributed by atoms with Gasteiger partial charge in [-0.05, 0) is 37.0 Å². The molecule has 2 saturated carbocycles. The van der Waals surface area contributed by atoms with Gasteiger partial charge in [0.25, 0.3) is 0 Å². The van der Waals surface area contributed by atoms with Crippen molar-refractivity contribution in [2.24, 2.45) is 17.3 Å². The zero-order valence-electron chi connectivity index (χ0n) is 12.2. The Morgan fingerprint density at radius 3 is 2.33 bits per heavy atom. The van der Waals surface area contributed by atoms with Gasteiger partial charge in [-0.25, -0.2) is 0 Å². The lowest BCUT2D eigenvalue weighted by atomic mass is 9.62. The first-order chi connectivity index (χ1) is 8.33. The van der Waals surface area contributed by atoms with E-state index in [2.05, 4.69) is 20.8 Å². The van der Waals surface area contributed by atoms with Crippen molar-refractivity contribution in [1.82, 2.24) is 0 Å². The van der Waals surface area contributed by atoms with Crippen LogP contribution in [0.25, 0.3) is 0 Å². The van der Waals surface area contributed by atoms with Gasteiger partial charge >= 0.3 is 0 Å². The van der Waals surface area contributed by atoms with Crippen LogP contribution in [0, 0.1) is 17.3 Å². The summed E-state index contributed by atoms with van der Waals surface area (Å²) >= 11 is 0. The fraction of sp³-hybridized carbons (Fsp3) is 0.938. The van der Waals surface area contributed by atoms with Crippen LogP contribution in [0.3, 0.4) is 0 Å². The van der Waals surface area contributed by atoms with E-state index in [4.69, 9.17) is 0 Å². The van der Waals surface area contributed by atoms with Crippen molar-refractivity contribution < 1.29 is 9.90 Å². The average molecular weight is 252 g/mol. The molecule has 0 unspecified atom stereocenters. The van der Waals surface area contributed by atoms with E-state index in [1.165, 1.54) is 6.42 Å². The summed E-state index contributed by atoms with van der Waals surface area (Å²) in [7, 11) is 0. The summed E-state index contributed by atoms with van der Waals surface area (Å²) in [5.41, 5.74) is -0.427. The Kier molecular flexibility index (Phi) is 3.87. The highest BCUT2D eigenvalue weighted by Gasteiger charge is 2.46. The van der Waals surface area contributed by atoms with Crippen molar-refractivity contribution in [3.63, 3.8) is 0 Å². The van der Waals surface area contributed by atoms with Crippen LogP contribution in [0.2, 0.25) is 0 Å². The molecule has 2 rings (SSSR count). The Hall–Kier alpha value is -0.370. The number of hydrogen-bond acceptors (Lipinski definition) is 2. The highest BCUT2D eigenvalue weighted by molar-refractivity contribution is 5.83. The molecular weight excluding hydrogens is 224 g/mol. The number of Topliss-reactive ketones (excluding diaryl/α,β-unsaturated/α-hetero) is 1. The van der Waals surface area contributed by atoms with Gasteiger partial charge in [0.15, 0.2) is 0 Å². The van der Waals surface area contributed by atoms with Crippen molar-refractivity contribution >= 4 is 5.78 Å². The summed E-state index contributed by atoms with van der Waals surface area (Å²) < 4.78 is 0. The van der Waals surface area contributed by atoms with E-state index in [9.17, 15) is 9.90 Å². The Bertz CT molecular complexity index is 308. The lowest BCUT2D eigenvalue weighted by Crippen LogP contribution is -2.48. The fourth-order valence-electron chi connectivity index (χ4n) is 3.84. The molecule has 0 bridgehead atoms. The minimum Gasteiger partial charge on any atom is -0.389 e. The van der Waals surface area contributed by atoms with Crippen LogP contribution in [0.15, 0.2) is 0 Å². The zero-order valence-corrected chi connectivity index (χ0v) is 12.2. The normalized spacial score (nSPS) is 33.4. The SMILES string of the molecule is CC(C)(C)[C@H]1CCC(=O)[C@@H](C2(O)CCCCC2)C1. The van der Waals surface area contributed by atoms with Gasteiger partial charge in [0.1, 0.15) is 5.78 Å². The minimum atomic E-state index is -0.681. The number of ketones is 1. The van der Waals surface area contributed by atoms with E-state index < -0.39 is 5.60 Å². The fourth-order valence-corrected chi connectivity index (χ4v) is 3.84.